The summed E-state index contributed by atoms with van der Waals surface area (Å²) in [5.41, 5.74) is 2.09. The number of halogens is 1. The average molecular weight is 801 g/mol. The molecule has 1 aliphatic heterocycles. The van der Waals surface area contributed by atoms with Gasteiger partial charge in [-0.1, -0.05) is 30.2 Å². The van der Waals surface area contributed by atoms with Crippen molar-refractivity contribution >= 4 is 52.3 Å². The normalized spacial score (nSPS) is 21.3. The molecule has 0 saturated carbocycles. The van der Waals surface area contributed by atoms with Gasteiger partial charge >= 0.3 is 17.9 Å². The summed E-state index contributed by atoms with van der Waals surface area (Å²) in [5.74, 6) is 0.0256. The zero-order valence-corrected chi connectivity index (χ0v) is 32.0. The number of terminal acetylenes is 1. The SMILES string of the molecule is C#CCOCCOCCOCCOCCNC(=O)[C@H]1Cc2ccccc2[C@H]1Nc1nc(Cl)nc2c1cnn2[C@@H]1O[C@H](COC(C)=O)[C@@H](OC(C)=O)[C@H]1OC(C)=O. The number of nitrogens with zero attached hydrogens (tertiary/aromatic N) is 4. The molecule has 18 nitrogen and oxygen atoms in total. The number of rotatable bonds is 21. The number of nitrogens with one attached hydrogen (secondary N) is 2. The molecule has 302 valence electrons. The van der Waals surface area contributed by atoms with Gasteiger partial charge in [-0.25, -0.2) is 4.68 Å². The third-order valence-electron chi connectivity index (χ3n) is 8.72. The largest absolute Gasteiger partial charge is 0.463 e. The van der Waals surface area contributed by atoms with Crippen molar-refractivity contribution in [2.24, 2.45) is 5.92 Å². The summed E-state index contributed by atoms with van der Waals surface area (Å²) in [6.45, 7) is 6.56. The Kier molecular flexibility index (Phi) is 15.7. The molecule has 1 amide bonds. The highest BCUT2D eigenvalue weighted by Gasteiger charge is 2.51. The molecule has 19 heteroatoms. The molecular formula is C37H45ClN6O12. The zero-order valence-electron chi connectivity index (χ0n) is 31.3. The molecule has 56 heavy (non-hydrogen) atoms. The van der Waals surface area contributed by atoms with E-state index < -0.39 is 54.4 Å². The molecule has 0 bridgehead atoms. The highest BCUT2D eigenvalue weighted by Crippen LogP contribution is 2.41. The van der Waals surface area contributed by atoms with E-state index in [9.17, 15) is 19.2 Å². The summed E-state index contributed by atoms with van der Waals surface area (Å²) in [5, 5.41) is 11.1. The van der Waals surface area contributed by atoms with Gasteiger partial charge in [0.1, 0.15) is 25.1 Å². The molecule has 1 aliphatic carbocycles. The topological polar surface area (TPSA) is 210 Å². The predicted octanol–water partition coefficient (Wildman–Crippen LogP) is 1.94. The molecule has 5 rings (SSSR count). The van der Waals surface area contributed by atoms with Gasteiger partial charge in [-0.05, 0) is 29.1 Å². The standard InChI is InChI=1S/C37H45ClN6O12/c1-5-11-49-13-15-51-17-18-52-16-14-50-12-10-39-35(48)27-19-25-8-6-7-9-26(25)30(27)41-33-28-20-40-44(34(28)43-37(38)42-33)36-32(55-24(4)47)31(54-23(3)46)29(56-36)21-53-22(2)45/h1,6-9,20,27,29-32,36H,10-19,21H2,2-4H3,(H,39,48)(H,41,42,43)/t27-,29+,30+,31+,32+,36+/m0/s1. The molecular weight excluding hydrogens is 756 g/mol. The number of esters is 3. The lowest BCUT2D eigenvalue weighted by Gasteiger charge is -2.24. The van der Waals surface area contributed by atoms with Crippen LogP contribution < -0.4 is 10.6 Å². The fourth-order valence-corrected chi connectivity index (χ4v) is 6.58. The van der Waals surface area contributed by atoms with E-state index in [0.29, 0.717) is 51.4 Å². The average Bonchev–Trinajstić information content (AvgIpc) is 3.84. The van der Waals surface area contributed by atoms with Crippen LogP contribution in [-0.2, 0) is 63.5 Å². The van der Waals surface area contributed by atoms with E-state index >= 15 is 0 Å². The van der Waals surface area contributed by atoms with Crippen molar-refractivity contribution < 1.29 is 57.1 Å². The lowest BCUT2D eigenvalue weighted by molar-refractivity contribution is -0.166. The number of hydrogen-bond donors (Lipinski definition) is 2. The van der Waals surface area contributed by atoms with Crippen LogP contribution in [0.1, 0.15) is 44.2 Å². The van der Waals surface area contributed by atoms with Crippen LogP contribution in [0.4, 0.5) is 5.82 Å². The number of hydrogen-bond acceptors (Lipinski definition) is 16. The van der Waals surface area contributed by atoms with E-state index in [-0.39, 0.29) is 49.0 Å². The smallest absolute Gasteiger partial charge is 0.303 e. The van der Waals surface area contributed by atoms with Crippen molar-refractivity contribution in [3.63, 3.8) is 0 Å². The second-order valence-corrected chi connectivity index (χ2v) is 13.0. The summed E-state index contributed by atoms with van der Waals surface area (Å²) in [7, 11) is 0. The van der Waals surface area contributed by atoms with E-state index in [1.807, 2.05) is 24.3 Å². The number of anilines is 1. The minimum atomic E-state index is -1.20. The third kappa shape index (κ3) is 11.3. The molecule has 0 radical (unpaired) electrons. The number of fused-ring (bicyclic) bond motifs is 2. The van der Waals surface area contributed by atoms with Gasteiger partial charge in [0.2, 0.25) is 11.2 Å². The molecule has 3 aromatic rings. The predicted molar refractivity (Wildman–Crippen MR) is 197 cm³/mol. The number of amides is 1. The van der Waals surface area contributed by atoms with Crippen LogP contribution in [0.3, 0.4) is 0 Å². The van der Waals surface area contributed by atoms with Crippen LogP contribution in [0.5, 0.6) is 0 Å². The minimum Gasteiger partial charge on any atom is -0.463 e. The van der Waals surface area contributed by atoms with Crippen LogP contribution in [0, 0.1) is 18.3 Å². The van der Waals surface area contributed by atoms with Crippen molar-refractivity contribution in [1.82, 2.24) is 25.1 Å². The monoisotopic (exact) mass is 800 g/mol. The number of benzene rings is 1. The molecule has 0 spiro atoms. The fourth-order valence-electron chi connectivity index (χ4n) is 6.42. The summed E-state index contributed by atoms with van der Waals surface area (Å²) in [6, 6.07) is 7.21. The summed E-state index contributed by atoms with van der Waals surface area (Å²) < 4.78 is 45.4. The molecule has 1 aromatic carbocycles. The summed E-state index contributed by atoms with van der Waals surface area (Å²) in [6.07, 6.45) is 2.52. The van der Waals surface area contributed by atoms with E-state index in [1.54, 1.807) is 0 Å². The number of carbonyl (C=O) groups is 4. The maximum absolute atomic E-state index is 13.6. The Hall–Kier alpha value is -4.90. The van der Waals surface area contributed by atoms with Gasteiger partial charge < -0.3 is 48.5 Å². The van der Waals surface area contributed by atoms with Gasteiger partial charge in [0.15, 0.2) is 24.1 Å². The molecule has 3 heterocycles. The maximum Gasteiger partial charge on any atom is 0.303 e. The highest BCUT2D eigenvalue weighted by molar-refractivity contribution is 6.28. The van der Waals surface area contributed by atoms with Crippen molar-refractivity contribution in [2.45, 2.75) is 57.8 Å². The summed E-state index contributed by atoms with van der Waals surface area (Å²) >= 11 is 6.47. The molecule has 6 atom stereocenters. The lowest BCUT2D eigenvalue weighted by Crippen LogP contribution is -2.40. The Morgan fingerprint density at radius 3 is 2.25 bits per heavy atom. The van der Waals surface area contributed by atoms with Crippen molar-refractivity contribution in [1.29, 1.82) is 0 Å². The first kappa shape index (κ1) is 42.2. The molecule has 1 fully saturated rings. The number of carbonyl (C=O) groups excluding carboxylic acids is 4. The van der Waals surface area contributed by atoms with Crippen molar-refractivity contribution in [2.75, 3.05) is 71.3 Å². The molecule has 0 unspecified atom stereocenters. The second-order valence-electron chi connectivity index (χ2n) is 12.7. The Morgan fingerprint density at radius 1 is 0.911 bits per heavy atom. The number of ether oxygens (including phenoxy) is 8. The van der Waals surface area contributed by atoms with Crippen molar-refractivity contribution in [3.05, 3.63) is 46.9 Å². The Balaban J connectivity index is 1.24. The maximum atomic E-state index is 13.6. The number of aromatic nitrogens is 4. The van der Waals surface area contributed by atoms with Gasteiger partial charge in [0, 0.05) is 27.3 Å². The second kappa shape index (κ2) is 20.9. The van der Waals surface area contributed by atoms with Gasteiger partial charge in [0.05, 0.1) is 69.8 Å². The Bertz CT molecular complexity index is 1870. The molecule has 2 N–H and O–H groups in total. The Morgan fingerprint density at radius 2 is 1.57 bits per heavy atom. The fraction of sp³-hybridized carbons (Fsp3) is 0.541. The lowest BCUT2D eigenvalue weighted by atomic mass is 9.99. The van der Waals surface area contributed by atoms with Crippen LogP contribution in [0.25, 0.3) is 11.0 Å². The molecule has 2 aliphatic rings. The molecule has 1 saturated heterocycles. The highest BCUT2D eigenvalue weighted by atomic mass is 35.5. The first-order valence-electron chi connectivity index (χ1n) is 18.0. The van der Waals surface area contributed by atoms with Crippen LogP contribution in [-0.4, -0.2) is 128 Å². The van der Waals surface area contributed by atoms with Crippen LogP contribution in [0.2, 0.25) is 5.28 Å². The summed E-state index contributed by atoms with van der Waals surface area (Å²) in [4.78, 5) is 58.4. The van der Waals surface area contributed by atoms with Crippen LogP contribution in [0.15, 0.2) is 30.5 Å². The van der Waals surface area contributed by atoms with E-state index in [1.165, 1.54) is 31.6 Å². The van der Waals surface area contributed by atoms with Gasteiger partial charge in [-0.15, -0.1) is 6.42 Å². The third-order valence-corrected chi connectivity index (χ3v) is 8.89. The Labute approximate surface area is 328 Å². The minimum absolute atomic E-state index is 0.150. The van der Waals surface area contributed by atoms with E-state index in [2.05, 4.69) is 31.6 Å². The van der Waals surface area contributed by atoms with Crippen molar-refractivity contribution in [3.8, 4) is 12.3 Å². The van der Waals surface area contributed by atoms with Gasteiger partial charge in [-0.3, -0.25) is 19.2 Å². The first-order valence-corrected chi connectivity index (χ1v) is 18.4. The van der Waals surface area contributed by atoms with Gasteiger partial charge in [0.25, 0.3) is 0 Å². The first-order chi connectivity index (χ1) is 27.1. The van der Waals surface area contributed by atoms with E-state index in [0.717, 1.165) is 11.1 Å². The quantitative estimate of drug-likeness (QED) is 0.0519. The van der Waals surface area contributed by atoms with Gasteiger partial charge in [-0.2, -0.15) is 15.1 Å². The van der Waals surface area contributed by atoms with Crippen LogP contribution >= 0.6 is 11.6 Å². The molecule has 2 aromatic heterocycles. The van der Waals surface area contributed by atoms with E-state index in [4.69, 9.17) is 55.9 Å². The zero-order chi connectivity index (χ0) is 40.0.